The summed E-state index contributed by atoms with van der Waals surface area (Å²) in [7, 11) is 1.41. The summed E-state index contributed by atoms with van der Waals surface area (Å²) in [5.41, 5.74) is 3.11. The van der Waals surface area contributed by atoms with Gasteiger partial charge < -0.3 is 14.6 Å². The summed E-state index contributed by atoms with van der Waals surface area (Å²) in [5, 5.41) is 5.23. The first kappa shape index (κ1) is 12.4. The summed E-state index contributed by atoms with van der Waals surface area (Å²) in [4.78, 5) is 16.7. The number of thiophene rings is 1. The lowest BCUT2D eigenvalue weighted by Crippen LogP contribution is -2.40. The molecule has 1 N–H and O–H groups in total. The fourth-order valence-corrected chi connectivity index (χ4v) is 3.22. The number of ether oxygens (including phenoxy) is 1. The Bertz CT molecular complexity index is 613. The molecule has 0 aliphatic carbocycles. The molecule has 0 spiro atoms. The van der Waals surface area contributed by atoms with Crippen molar-refractivity contribution in [2.45, 2.75) is 12.8 Å². The van der Waals surface area contributed by atoms with E-state index < -0.39 is 0 Å². The highest BCUT2D eigenvalue weighted by Gasteiger charge is 2.26. The van der Waals surface area contributed by atoms with Crippen LogP contribution in [0.3, 0.4) is 0 Å². The predicted molar refractivity (Wildman–Crippen MR) is 73.1 cm³/mol. The van der Waals surface area contributed by atoms with E-state index in [1.54, 1.807) is 6.33 Å². The fraction of sp³-hybridized carbons (Fsp3) is 0.385. The molecule has 6 heteroatoms. The Balaban J connectivity index is 2.09. The quantitative estimate of drug-likeness (QED) is 0.868. The monoisotopic (exact) mass is 277 g/mol. The average Bonchev–Trinajstić information content (AvgIpc) is 2.93. The molecule has 2 aromatic heterocycles. The van der Waals surface area contributed by atoms with Crippen molar-refractivity contribution >= 4 is 17.3 Å². The predicted octanol–water partition coefficient (Wildman–Crippen LogP) is 1.72. The molecule has 1 aliphatic rings. The van der Waals surface area contributed by atoms with Gasteiger partial charge in [0, 0.05) is 30.9 Å². The summed E-state index contributed by atoms with van der Waals surface area (Å²) in [5.74, 6) is 0.173. The number of imidazole rings is 1. The van der Waals surface area contributed by atoms with Gasteiger partial charge in [0.1, 0.15) is 4.88 Å². The molecule has 0 unspecified atom stereocenters. The van der Waals surface area contributed by atoms with Crippen LogP contribution in [0.4, 0.5) is 0 Å². The standard InChI is InChI=1S/C13H15N3O2S/c1-8-6-19-12(13(17)18-2)11(8)16-7-15-5-10(16)9-3-14-4-9/h5-7,9,14H,3-4H2,1-2H3. The minimum atomic E-state index is -0.292. The number of aryl methyl sites for hydroxylation is 1. The molecule has 1 aliphatic heterocycles. The Hall–Kier alpha value is -1.66. The van der Waals surface area contributed by atoms with E-state index in [1.165, 1.54) is 18.4 Å². The summed E-state index contributed by atoms with van der Waals surface area (Å²) in [6.07, 6.45) is 3.65. The minimum absolute atomic E-state index is 0.292. The first-order valence-electron chi connectivity index (χ1n) is 6.12. The van der Waals surface area contributed by atoms with Gasteiger partial charge in [-0.1, -0.05) is 0 Å². The molecule has 0 atom stereocenters. The zero-order valence-corrected chi connectivity index (χ0v) is 11.7. The Kier molecular flexibility index (Phi) is 3.12. The number of nitrogens with one attached hydrogen (secondary N) is 1. The van der Waals surface area contributed by atoms with Crippen LogP contribution in [-0.2, 0) is 4.74 Å². The number of hydrogen-bond acceptors (Lipinski definition) is 5. The molecule has 19 heavy (non-hydrogen) atoms. The largest absolute Gasteiger partial charge is 0.465 e. The van der Waals surface area contributed by atoms with Gasteiger partial charge in [-0.15, -0.1) is 11.3 Å². The van der Waals surface area contributed by atoms with Crippen LogP contribution in [0.15, 0.2) is 17.9 Å². The van der Waals surface area contributed by atoms with E-state index in [1.807, 2.05) is 23.1 Å². The lowest BCUT2D eigenvalue weighted by atomic mass is 9.99. The summed E-state index contributed by atoms with van der Waals surface area (Å²) < 4.78 is 6.87. The van der Waals surface area contributed by atoms with Crippen LogP contribution >= 0.6 is 11.3 Å². The third-order valence-corrected chi connectivity index (χ3v) is 4.49. The van der Waals surface area contributed by atoms with Crippen LogP contribution in [0.25, 0.3) is 5.69 Å². The molecule has 100 valence electrons. The number of nitrogens with zero attached hydrogens (tertiary/aromatic N) is 2. The van der Waals surface area contributed by atoms with Crippen LogP contribution < -0.4 is 5.32 Å². The van der Waals surface area contributed by atoms with Gasteiger partial charge in [0.25, 0.3) is 0 Å². The Morgan fingerprint density at radius 2 is 2.37 bits per heavy atom. The molecule has 0 amide bonds. The molecule has 1 saturated heterocycles. The van der Waals surface area contributed by atoms with Gasteiger partial charge in [0.15, 0.2) is 0 Å². The first-order valence-corrected chi connectivity index (χ1v) is 7.00. The van der Waals surface area contributed by atoms with Gasteiger partial charge >= 0.3 is 5.97 Å². The van der Waals surface area contributed by atoms with Crippen LogP contribution in [0.2, 0.25) is 0 Å². The summed E-state index contributed by atoms with van der Waals surface area (Å²) in [6.45, 7) is 3.92. The van der Waals surface area contributed by atoms with Crippen LogP contribution in [0.1, 0.15) is 26.8 Å². The van der Waals surface area contributed by atoms with E-state index in [4.69, 9.17) is 4.74 Å². The lowest BCUT2D eigenvalue weighted by molar-refractivity contribution is 0.0606. The Morgan fingerprint density at radius 3 is 3.00 bits per heavy atom. The molecule has 2 aromatic rings. The van der Waals surface area contributed by atoms with Crippen molar-refractivity contribution in [3.8, 4) is 5.69 Å². The van der Waals surface area contributed by atoms with Crippen LogP contribution in [0, 0.1) is 6.92 Å². The minimum Gasteiger partial charge on any atom is -0.465 e. The van der Waals surface area contributed by atoms with Gasteiger partial charge in [-0.25, -0.2) is 9.78 Å². The average molecular weight is 277 g/mol. The van der Waals surface area contributed by atoms with E-state index in [0.717, 1.165) is 30.0 Å². The molecule has 5 nitrogen and oxygen atoms in total. The van der Waals surface area contributed by atoms with Crippen molar-refractivity contribution in [1.82, 2.24) is 14.9 Å². The van der Waals surface area contributed by atoms with Gasteiger partial charge in [-0.05, 0) is 17.9 Å². The fourth-order valence-electron chi connectivity index (χ4n) is 2.27. The van der Waals surface area contributed by atoms with Gasteiger partial charge in [0.2, 0.25) is 0 Å². The second kappa shape index (κ2) is 4.79. The SMILES string of the molecule is COC(=O)c1scc(C)c1-n1cncc1C1CNC1. The maximum atomic E-state index is 11.8. The molecule has 3 rings (SSSR count). The molecule has 3 heterocycles. The van der Waals surface area contributed by atoms with Crippen molar-refractivity contribution < 1.29 is 9.53 Å². The highest BCUT2D eigenvalue weighted by atomic mass is 32.1. The summed E-state index contributed by atoms with van der Waals surface area (Å²) in [6, 6.07) is 0. The van der Waals surface area contributed by atoms with Gasteiger partial charge in [0.05, 0.1) is 19.1 Å². The van der Waals surface area contributed by atoms with E-state index in [0.29, 0.717) is 10.8 Å². The van der Waals surface area contributed by atoms with E-state index in [-0.39, 0.29) is 5.97 Å². The zero-order valence-electron chi connectivity index (χ0n) is 10.8. The maximum absolute atomic E-state index is 11.8. The number of esters is 1. The van der Waals surface area contributed by atoms with Crippen molar-refractivity contribution in [3.63, 3.8) is 0 Å². The number of methoxy groups -OCH3 is 1. The molecule has 0 saturated carbocycles. The third-order valence-electron chi connectivity index (χ3n) is 3.42. The van der Waals surface area contributed by atoms with Crippen molar-refractivity contribution in [2.24, 2.45) is 0 Å². The van der Waals surface area contributed by atoms with Crippen LogP contribution in [-0.4, -0.2) is 35.7 Å². The maximum Gasteiger partial charge on any atom is 0.350 e. The van der Waals surface area contributed by atoms with E-state index in [9.17, 15) is 4.79 Å². The molecular weight excluding hydrogens is 262 g/mol. The van der Waals surface area contributed by atoms with Crippen molar-refractivity contribution in [3.05, 3.63) is 34.0 Å². The van der Waals surface area contributed by atoms with E-state index >= 15 is 0 Å². The molecule has 0 radical (unpaired) electrons. The topological polar surface area (TPSA) is 56.2 Å². The molecule has 0 bridgehead atoms. The third kappa shape index (κ3) is 1.97. The number of hydrogen-bond donors (Lipinski definition) is 1. The molecule has 0 aromatic carbocycles. The molecule has 1 fully saturated rings. The zero-order chi connectivity index (χ0) is 13.4. The molecular formula is C13H15N3O2S. The second-order valence-electron chi connectivity index (χ2n) is 4.63. The lowest BCUT2D eigenvalue weighted by Gasteiger charge is -2.28. The number of rotatable bonds is 3. The van der Waals surface area contributed by atoms with Gasteiger partial charge in [-0.2, -0.15) is 0 Å². The van der Waals surface area contributed by atoms with Crippen LogP contribution in [0.5, 0.6) is 0 Å². The Morgan fingerprint density at radius 1 is 1.58 bits per heavy atom. The Labute approximate surface area is 115 Å². The second-order valence-corrected chi connectivity index (χ2v) is 5.51. The van der Waals surface area contributed by atoms with Crippen molar-refractivity contribution in [1.29, 1.82) is 0 Å². The highest BCUT2D eigenvalue weighted by molar-refractivity contribution is 7.12. The summed E-state index contributed by atoms with van der Waals surface area (Å²) >= 11 is 1.41. The number of carbonyl (C=O) groups excluding carboxylic acids is 1. The normalized spacial score (nSPS) is 15.3. The number of carbonyl (C=O) groups is 1. The number of aromatic nitrogens is 2. The van der Waals surface area contributed by atoms with Gasteiger partial charge in [-0.3, -0.25) is 0 Å². The van der Waals surface area contributed by atoms with Crippen molar-refractivity contribution in [2.75, 3.05) is 20.2 Å². The first-order chi connectivity index (χ1) is 9.22. The van der Waals surface area contributed by atoms with E-state index in [2.05, 4.69) is 10.3 Å². The smallest absolute Gasteiger partial charge is 0.350 e. The highest BCUT2D eigenvalue weighted by Crippen LogP contribution is 2.30.